The highest BCUT2D eigenvalue weighted by molar-refractivity contribution is 7.47. The number of aliphatic hydroxyl groups is 1. The van der Waals surface area contributed by atoms with Crippen molar-refractivity contribution in [3.8, 4) is 0 Å². The van der Waals surface area contributed by atoms with E-state index in [1.54, 1.807) is 6.08 Å². The van der Waals surface area contributed by atoms with E-state index in [1.807, 2.05) is 27.2 Å². The van der Waals surface area contributed by atoms with Crippen LogP contribution in [0.1, 0.15) is 181 Å². The number of allylic oxidation sites excluding steroid dienone is 3. The van der Waals surface area contributed by atoms with Crippen molar-refractivity contribution in [3.63, 3.8) is 0 Å². The fourth-order valence-corrected chi connectivity index (χ4v) is 6.53. The first-order valence-electron chi connectivity index (χ1n) is 20.7. The third-order valence-corrected chi connectivity index (χ3v) is 10.1. The van der Waals surface area contributed by atoms with Crippen molar-refractivity contribution in [2.24, 2.45) is 0 Å². The van der Waals surface area contributed by atoms with Gasteiger partial charge >= 0.3 is 7.82 Å². The van der Waals surface area contributed by atoms with Crippen LogP contribution in [0.2, 0.25) is 0 Å². The summed E-state index contributed by atoms with van der Waals surface area (Å²) in [5.41, 5.74) is 0. The first-order chi connectivity index (χ1) is 24.0. The number of phosphoric acid groups is 1. The number of nitrogens with one attached hydrogen (secondary N) is 1. The van der Waals surface area contributed by atoms with Gasteiger partial charge in [0, 0.05) is 6.42 Å². The van der Waals surface area contributed by atoms with Gasteiger partial charge in [0.2, 0.25) is 5.91 Å². The van der Waals surface area contributed by atoms with Crippen LogP contribution in [0, 0.1) is 0 Å². The number of nitrogens with zero attached hydrogens (tertiary/aromatic N) is 1. The molecule has 0 aliphatic carbocycles. The molecule has 0 spiro atoms. The van der Waals surface area contributed by atoms with E-state index in [4.69, 9.17) is 9.05 Å². The van der Waals surface area contributed by atoms with Crippen LogP contribution >= 0.6 is 7.82 Å². The molecule has 0 bridgehead atoms. The maximum Gasteiger partial charge on any atom is 0.472 e. The molecule has 0 radical (unpaired) electrons. The number of carbonyl (C=O) groups excluding carboxylic acids is 1. The summed E-state index contributed by atoms with van der Waals surface area (Å²) < 4.78 is 23.5. The predicted molar refractivity (Wildman–Crippen MR) is 212 cm³/mol. The Morgan fingerprint density at radius 2 is 1.08 bits per heavy atom. The van der Waals surface area contributed by atoms with E-state index in [2.05, 4.69) is 31.3 Å². The lowest BCUT2D eigenvalue weighted by Crippen LogP contribution is -2.45. The van der Waals surface area contributed by atoms with E-state index in [-0.39, 0.29) is 19.1 Å². The van der Waals surface area contributed by atoms with Gasteiger partial charge in [-0.2, -0.15) is 0 Å². The first kappa shape index (κ1) is 49.0. The minimum absolute atomic E-state index is 0.0607. The molecule has 9 heteroatoms. The number of carbonyl (C=O) groups is 1. The van der Waals surface area contributed by atoms with Crippen molar-refractivity contribution in [3.05, 3.63) is 24.3 Å². The van der Waals surface area contributed by atoms with E-state index in [0.29, 0.717) is 17.4 Å². The van der Waals surface area contributed by atoms with Crippen molar-refractivity contribution in [2.45, 2.75) is 193 Å². The molecule has 0 saturated carbocycles. The molecule has 1 unspecified atom stereocenters. The topological polar surface area (TPSA) is 105 Å². The van der Waals surface area contributed by atoms with Gasteiger partial charge in [-0.15, -0.1) is 0 Å². The lowest BCUT2D eigenvalue weighted by Gasteiger charge is -2.25. The molecule has 3 atom stereocenters. The molecule has 3 N–H and O–H groups in total. The summed E-state index contributed by atoms with van der Waals surface area (Å²) in [6.07, 6.45) is 38.0. The summed E-state index contributed by atoms with van der Waals surface area (Å²) in [6, 6.07) is -0.846. The lowest BCUT2D eigenvalue weighted by atomic mass is 10.0. The Labute approximate surface area is 309 Å². The number of quaternary nitrogens is 1. The molecule has 0 heterocycles. The fourth-order valence-electron chi connectivity index (χ4n) is 5.80. The highest BCUT2D eigenvalue weighted by Gasteiger charge is 2.27. The quantitative estimate of drug-likeness (QED) is 0.0254. The van der Waals surface area contributed by atoms with Gasteiger partial charge < -0.3 is 19.8 Å². The zero-order valence-corrected chi connectivity index (χ0v) is 34.3. The second-order valence-electron chi connectivity index (χ2n) is 15.4. The van der Waals surface area contributed by atoms with Gasteiger partial charge in [0.1, 0.15) is 13.2 Å². The highest BCUT2D eigenvalue weighted by atomic mass is 31.2. The van der Waals surface area contributed by atoms with E-state index < -0.39 is 20.0 Å². The van der Waals surface area contributed by atoms with E-state index in [1.165, 1.54) is 109 Å². The summed E-state index contributed by atoms with van der Waals surface area (Å²) in [4.78, 5) is 23.0. The molecule has 0 aromatic rings. The Balaban J connectivity index is 4.50. The molecule has 0 aliphatic heterocycles. The van der Waals surface area contributed by atoms with Gasteiger partial charge in [-0.25, -0.2) is 4.57 Å². The van der Waals surface area contributed by atoms with E-state index in [9.17, 15) is 19.4 Å². The standard InChI is InChI=1S/C41H81N2O6P/c1-6-8-10-12-14-16-18-20-21-23-25-27-29-31-33-35-41(45)42-39(38-49-50(46,47)48-37-36-43(3,4)5)40(44)34-32-30-28-26-24-22-19-17-15-13-11-9-7-2/h20-21,32,34,39-40,44H,6-19,22-31,33,35-38H2,1-5H3,(H-,42,45,46,47)/p+1/b21-20+,34-32+/t39-,40+/m0/s1. The summed E-state index contributed by atoms with van der Waals surface area (Å²) in [5, 5.41) is 13.8. The Morgan fingerprint density at radius 3 is 1.54 bits per heavy atom. The highest BCUT2D eigenvalue weighted by Crippen LogP contribution is 2.43. The molecule has 0 aromatic heterocycles. The van der Waals surface area contributed by atoms with Crippen LogP contribution in [0.4, 0.5) is 0 Å². The van der Waals surface area contributed by atoms with Crippen LogP contribution in [0.3, 0.4) is 0 Å². The smallest absolute Gasteiger partial charge is 0.387 e. The fraction of sp³-hybridized carbons (Fsp3) is 0.878. The second kappa shape index (κ2) is 33.8. The zero-order valence-electron chi connectivity index (χ0n) is 33.4. The monoisotopic (exact) mass is 730 g/mol. The Hall–Kier alpha value is -1.02. The molecular weight excluding hydrogens is 647 g/mol. The zero-order chi connectivity index (χ0) is 37.2. The average Bonchev–Trinajstić information content (AvgIpc) is 3.06. The lowest BCUT2D eigenvalue weighted by molar-refractivity contribution is -0.870. The van der Waals surface area contributed by atoms with Crippen molar-refractivity contribution in [2.75, 3.05) is 40.9 Å². The van der Waals surface area contributed by atoms with Crippen molar-refractivity contribution in [1.29, 1.82) is 0 Å². The van der Waals surface area contributed by atoms with Crippen molar-refractivity contribution < 1.29 is 32.9 Å². The number of phosphoric ester groups is 1. The molecule has 0 fully saturated rings. The Morgan fingerprint density at radius 1 is 0.660 bits per heavy atom. The summed E-state index contributed by atoms with van der Waals surface area (Å²) in [6.45, 7) is 4.79. The molecule has 0 rings (SSSR count). The molecule has 0 saturated heterocycles. The number of aliphatic hydroxyl groups excluding tert-OH is 1. The Bertz CT molecular complexity index is 876. The third kappa shape index (κ3) is 35.4. The number of unbranched alkanes of at least 4 members (excludes halogenated alkanes) is 22. The van der Waals surface area contributed by atoms with Gasteiger partial charge in [0.15, 0.2) is 0 Å². The molecule has 296 valence electrons. The number of hydrogen-bond donors (Lipinski definition) is 3. The first-order valence-corrected chi connectivity index (χ1v) is 22.2. The van der Waals surface area contributed by atoms with Crippen LogP contribution < -0.4 is 5.32 Å². The molecular formula is C41H82N2O6P+. The molecule has 1 amide bonds. The number of amides is 1. The summed E-state index contributed by atoms with van der Waals surface area (Å²) in [5.74, 6) is -0.187. The van der Waals surface area contributed by atoms with E-state index >= 15 is 0 Å². The molecule has 8 nitrogen and oxygen atoms in total. The third-order valence-electron chi connectivity index (χ3n) is 9.17. The number of rotatable bonds is 37. The largest absolute Gasteiger partial charge is 0.472 e. The molecule has 0 aromatic carbocycles. The van der Waals surface area contributed by atoms with Crippen LogP contribution in [-0.4, -0.2) is 73.4 Å². The van der Waals surface area contributed by atoms with Gasteiger partial charge in [-0.3, -0.25) is 13.8 Å². The van der Waals surface area contributed by atoms with Crippen LogP contribution in [-0.2, 0) is 18.4 Å². The molecule has 0 aliphatic rings. The van der Waals surface area contributed by atoms with Crippen LogP contribution in [0.25, 0.3) is 0 Å². The van der Waals surface area contributed by atoms with Gasteiger partial charge in [-0.1, -0.05) is 154 Å². The number of likely N-dealkylation sites (N-methyl/N-ethyl adjacent to an activating group) is 1. The maximum absolute atomic E-state index is 12.8. The molecule has 50 heavy (non-hydrogen) atoms. The average molecular weight is 730 g/mol. The van der Waals surface area contributed by atoms with Gasteiger partial charge in [0.25, 0.3) is 0 Å². The normalized spacial score (nSPS) is 14.8. The number of hydrogen-bond acceptors (Lipinski definition) is 5. The van der Waals surface area contributed by atoms with Crippen molar-refractivity contribution in [1.82, 2.24) is 5.32 Å². The Kier molecular flexibility index (Phi) is 33.1. The minimum Gasteiger partial charge on any atom is -0.387 e. The predicted octanol–water partition coefficient (Wildman–Crippen LogP) is 11.0. The van der Waals surface area contributed by atoms with Crippen LogP contribution in [0.15, 0.2) is 24.3 Å². The van der Waals surface area contributed by atoms with Gasteiger partial charge in [-0.05, 0) is 44.9 Å². The minimum atomic E-state index is -4.33. The van der Waals surface area contributed by atoms with Gasteiger partial charge in [0.05, 0.1) is 39.9 Å². The van der Waals surface area contributed by atoms with Crippen LogP contribution in [0.5, 0.6) is 0 Å². The second-order valence-corrected chi connectivity index (χ2v) is 16.8. The van der Waals surface area contributed by atoms with E-state index in [0.717, 1.165) is 51.4 Å². The maximum atomic E-state index is 12.8. The van der Waals surface area contributed by atoms with Crippen molar-refractivity contribution >= 4 is 13.7 Å². The summed E-state index contributed by atoms with van der Waals surface area (Å²) in [7, 11) is 1.57. The SMILES string of the molecule is CCCCCCCC/C=C/CCCCCCCC(=O)N[C@@H](COP(=O)(O)OCC[N+](C)(C)C)[C@H](O)/C=C/CCCCCCCCCCCCC. The summed E-state index contributed by atoms with van der Waals surface area (Å²) >= 11 is 0.